The summed E-state index contributed by atoms with van der Waals surface area (Å²) in [6.07, 6.45) is 1.80. The molecule has 0 radical (unpaired) electrons. The maximum absolute atomic E-state index is 10.5. The van der Waals surface area contributed by atoms with Gasteiger partial charge in [0.05, 0.1) is 0 Å². The van der Waals surface area contributed by atoms with Crippen LogP contribution in [0.4, 0.5) is 5.82 Å². The molecule has 3 rings (SSSR count). The predicted molar refractivity (Wildman–Crippen MR) is 71.5 cm³/mol. The molecule has 3 aromatic heterocycles. The number of pyridine rings is 2. The van der Waals surface area contributed by atoms with Crippen molar-refractivity contribution >= 4 is 33.0 Å². The van der Waals surface area contributed by atoms with Crippen LogP contribution in [0.3, 0.4) is 0 Å². The lowest BCUT2D eigenvalue weighted by Crippen LogP contribution is -2.10. The lowest BCUT2D eigenvalue weighted by Gasteiger charge is -2.02. The number of imidazole rings is 1. The van der Waals surface area contributed by atoms with Gasteiger partial charge in [-0.15, -0.1) is 4.28 Å². The summed E-state index contributed by atoms with van der Waals surface area (Å²) in [5, 5.41) is 0. The second kappa shape index (κ2) is 4.40. The largest absolute Gasteiger partial charge is 0.418 e. The third kappa shape index (κ3) is 2.29. The van der Waals surface area contributed by atoms with Gasteiger partial charge in [-0.2, -0.15) is 8.42 Å². The number of aryl methyl sites for hydroxylation is 1. The molecule has 9 heteroatoms. The van der Waals surface area contributed by atoms with Crippen molar-refractivity contribution in [2.24, 2.45) is 0 Å². The van der Waals surface area contributed by atoms with Gasteiger partial charge in [-0.1, -0.05) is 6.07 Å². The highest BCUT2D eigenvalue weighted by atomic mass is 32.3. The van der Waals surface area contributed by atoms with Crippen LogP contribution < -0.4 is 5.48 Å². The first kappa shape index (κ1) is 12.8. The van der Waals surface area contributed by atoms with Crippen LogP contribution in [0.2, 0.25) is 0 Å². The van der Waals surface area contributed by atoms with Crippen molar-refractivity contribution in [3.05, 3.63) is 36.0 Å². The molecule has 0 aromatic carbocycles. The van der Waals surface area contributed by atoms with E-state index in [1.807, 2.05) is 19.1 Å². The Bertz CT molecular complexity index is 903. The molecule has 0 aliphatic rings. The third-order valence-electron chi connectivity index (χ3n) is 2.72. The average molecular weight is 294 g/mol. The monoisotopic (exact) mass is 294 g/mol. The number of nitrogens with one attached hydrogen (secondary N) is 1. The molecule has 20 heavy (non-hydrogen) atoms. The number of rotatable bonds is 3. The minimum atomic E-state index is -4.58. The molecule has 8 nitrogen and oxygen atoms in total. The molecule has 0 aliphatic heterocycles. The minimum absolute atomic E-state index is 0.137. The first-order valence-corrected chi connectivity index (χ1v) is 6.97. The molecule has 104 valence electrons. The van der Waals surface area contributed by atoms with Crippen LogP contribution in [0, 0.1) is 6.92 Å². The molecule has 0 spiro atoms. The van der Waals surface area contributed by atoms with Crippen LogP contribution in [0.1, 0.15) is 5.56 Å². The normalized spacial score (nSPS) is 12.1. The Morgan fingerprint density at radius 1 is 1.25 bits per heavy atom. The highest BCUT2D eigenvalue weighted by molar-refractivity contribution is 7.80. The summed E-state index contributed by atoms with van der Waals surface area (Å²) in [5.41, 5.74) is 5.03. The Hall–Kier alpha value is -2.23. The molecular formula is C11H10N4O4S. The molecule has 0 bridgehead atoms. The summed E-state index contributed by atoms with van der Waals surface area (Å²) in [6.45, 7) is 1.93. The molecule has 3 aromatic rings. The van der Waals surface area contributed by atoms with Gasteiger partial charge in [-0.25, -0.2) is 15.4 Å². The topological polar surface area (TPSA) is 106 Å². The van der Waals surface area contributed by atoms with Gasteiger partial charge < -0.3 is 0 Å². The van der Waals surface area contributed by atoms with Gasteiger partial charge >= 0.3 is 10.4 Å². The molecular weight excluding hydrogens is 284 g/mol. The van der Waals surface area contributed by atoms with E-state index < -0.39 is 10.4 Å². The molecule has 0 saturated heterocycles. The van der Waals surface area contributed by atoms with Crippen molar-refractivity contribution in [2.45, 2.75) is 6.92 Å². The van der Waals surface area contributed by atoms with Crippen LogP contribution in [0.5, 0.6) is 0 Å². The van der Waals surface area contributed by atoms with Gasteiger partial charge in [0.1, 0.15) is 11.2 Å². The van der Waals surface area contributed by atoms with Crippen molar-refractivity contribution < 1.29 is 17.3 Å². The molecule has 0 atom stereocenters. The molecule has 0 unspecified atom stereocenters. The molecule has 3 heterocycles. The fourth-order valence-corrected chi connectivity index (χ4v) is 2.08. The summed E-state index contributed by atoms with van der Waals surface area (Å²) in [6, 6.07) is 6.96. The summed E-state index contributed by atoms with van der Waals surface area (Å²) in [5.74, 6) is 0.137. The number of anilines is 1. The number of nitrogens with zero attached hydrogens (tertiary/aromatic N) is 3. The van der Waals surface area contributed by atoms with Gasteiger partial charge in [0.2, 0.25) is 0 Å². The molecule has 0 fully saturated rings. The smallest absolute Gasteiger partial charge is 0.284 e. The van der Waals surface area contributed by atoms with Crippen LogP contribution >= 0.6 is 0 Å². The van der Waals surface area contributed by atoms with Crippen molar-refractivity contribution in [1.82, 2.24) is 14.4 Å². The zero-order chi connectivity index (χ0) is 14.3. The lowest BCUT2D eigenvalue weighted by atomic mass is 10.3. The second-order valence-electron chi connectivity index (χ2n) is 4.15. The van der Waals surface area contributed by atoms with E-state index in [0.717, 1.165) is 11.2 Å². The first-order chi connectivity index (χ1) is 9.44. The first-order valence-electron chi connectivity index (χ1n) is 5.60. The Balaban J connectivity index is 2.10. The fraction of sp³-hybridized carbons (Fsp3) is 0.0909. The maximum atomic E-state index is 10.5. The number of fused-ring (bicyclic) bond motifs is 3. The van der Waals surface area contributed by atoms with Crippen LogP contribution in [-0.2, 0) is 14.7 Å². The van der Waals surface area contributed by atoms with Gasteiger partial charge in [0, 0.05) is 6.20 Å². The van der Waals surface area contributed by atoms with Gasteiger partial charge in [0.25, 0.3) is 0 Å². The van der Waals surface area contributed by atoms with Gasteiger partial charge in [-0.3, -0.25) is 8.95 Å². The number of hydrogen-bond acceptors (Lipinski definition) is 6. The SMILES string of the molecule is Cc1cccn2c1nc1ccc(NOS(=O)(=O)O)nc12. The summed E-state index contributed by atoms with van der Waals surface area (Å²) >= 11 is 0. The predicted octanol–water partition coefficient (Wildman–Crippen LogP) is 1.34. The molecule has 0 saturated carbocycles. The van der Waals surface area contributed by atoms with Gasteiger partial charge in [0.15, 0.2) is 11.5 Å². The van der Waals surface area contributed by atoms with E-state index in [2.05, 4.69) is 19.7 Å². The minimum Gasteiger partial charge on any atom is -0.284 e. The van der Waals surface area contributed by atoms with Crippen molar-refractivity contribution in [1.29, 1.82) is 0 Å². The summed E-state index contributed by atoms with van der Waals surface area (Å²) in [4.78, 5) is 8.63. The van der Waals surface area contributed by atoms with E-state index in [-0.39, 0.29) is 5.82 Å². The Labute approximate surface area is 113 Å². The van der Waals surface area contributed by atoms with Crippen molar-refractivity contribution in [3.8, 4) is 0 Å². The van der Waals surface area contributed by atoms with E-state index in [0.29, 0.717) is 11.2 Å². The van der Waals surface area contributed by atoms with E-state index in [9.17, 15) is 8.42 Å². The van der Waals surface area contributed by atoms with Crippen LogP contribution in [-0.4, -0.2) is 27.3 Å². The number of hydrogen-bond donors (Lipinski definition) is 2. The highest BCUT2D eigenvalue weighted by Crippen LogP contribution is 2.19. The molecule has 0 amide bonds. The lowest BCUT2D eigenvalue weighted by molar-refractivity contribution is 0.319. The Morgan fingerprint density at radius 3 is 2.80 bits per heavy atom. The number of aromatic nitrogens is 3. The second-order valence-corrected chi connectivity index (χ2v) is 5.17. The summed E-state index contributed by atoms with van der Waals surface area (Å²) < 4.78 is 35.3. The maximum Gasteiger partial charge on any atom is 0.418 e. The van der Waals surface area contributed by atoms with Crippen molar-refractivity contribution in [2.75, 3.05) is 5.48 Å². The van der Waals surface area contributed by atoms with Crippen LogP contribution in [0.25, 0.3) is 16.8 Å². The Morgan fingerprint density at radius 2 is 2.05 bits per heavy atom. The standard InChI is InChI=1S/C11H10N4O4S/c1-7-3-2-6-15-10(7)12-8-4-5-9(13-11(8)15)14-19-20(16,17)18/h2-6H,1H3,(H,13,14)(H,16,17,18). The molecule has 2 N–H and O–H groups in total. The zero-order valence-corrected chi connectivity index (χ0v) is 11.1. The highest BCUT2D eigenvalue weighted by Gasteiger charge is 2.10. The summed E-state index contributed by atoms with van der Waals surface area (Å²) in [7, 11) is -4.58. The van der Waals surface area contributed by atoms with Crippen molar-refractivity contribution in [3.63, 3.8) is 0 Å². The van der Waals surface area contributed by atoms with E-state index in [1.165, 1.54) is 6.07 Å². The van der Waals surface area contributed by atoms with E-state index >= 15 is 0 Å². The average Bonchev–Trinajstić information content (AvgIpc) is 2.75. The van der Waals surface area contributed by atoms with Gasteiger partial charge in [-0.05, 0) is 30.7 Å². The third-order valence-corrected chi connectivity index (χ3v) is 3.02. The van der Waals surface area contributed by atoms with E-state index in [4.69, 9.17) is 4.55 Å². The van der Waals surface area contributed by atoms with E-state index in [1.54, 1.807) is 16.7 Å². The fourth-order valence-electron chi connectivity index (χ4n) is 1.89. The molecule has 0 aliphatic carbocycles. The zero-order valence-electron chi connectivity index (χ0n) is 10.3. The van der Waals surface area contributed by atoms with Crippen LogP contribution in [0.15, 0.2) is 30.5 Å². The Kier molecular flexibility index (Phi) is 2.82. The quantitative estimate of drug-likeness (QED) is 0.554.